The van der Waals surface area contributed by atoms with Crippen LogP contribution < -0.4 is 5.48 Å². The van der Waals surface area contributed by atoms with Crippen molar-refractivity contribution in [3.63, 3.8) is 0 Å². The van der Waals surface area contributed by atoms with E-state index in [1.54, 1.807) is 0 Å². The first-order valence-corrected chi connectivity index (χ1v) is 4.27. The van der Waals surface area contributed by atoms with E-state index in [0.29, 0.717) is 0 Å². The van der Waals surface area contributed by atoms with Gasteiger partial charge in [-0.05, 0) is 0 Å². The number of nitrogens with one attached hydrogen (secondary N) is 1. The minimum atomic E-state index is 0.872. The molecule has 1 saturated heterocycles. The Balaban J connectivity index is 2.27. The van der Waals surface area contributed by atoms with Crippen LogP contribution in [0.3, 0.4) is 0 Å². The SMILES string of the molecule is [W]=[C]1CCCCON1. The number of rotatable bonds is 0. The summed E-state index contributed by atoms with van der Waals surface area (Å²) >= 11 is 1.50. The van der Waals surface area contributed by atoms with Gasteiger partial charge in [0.05, 0.1) is 0 Å². The van der Waals surface area contributed by atoms with Crippen LogP contribution in [0.4, 0.5) is 0 Å². The third-order valence-electron chi connectivity index (χ3n) is 1.09. The fourth-order valence-corrected chi connectivity index (χ4v) is 1.37. The summed E-state index contributed by atoms with van der Waals surface area (Å²) in [7, 11) is 0. The summed E-state index contributed by atoms with van der Waals surface area (Å²) in [5, 5.41) is 0. The van der Waals surface area contributed by atoms with Gasteiger partial charge < -0.3 is 0 Å². The summed E-state index contributed by atoms with van der Waals surface area (Å²) in [4.78, 5) is 5.04. The fourth-order valence-electron chi connectivity index (χ4n) is 0.642. The number of hydrogen-bond donors (Lipinski definition) is 1. The fraction of sp³-hybridized carbons (Fsp3) is 0.800. The van der Waals surface area contributed by atoms with Crippen molar-refractivity contribution in [1.82, 2.24) is 5.48 Å². The van der Waals surface area contributed by atoms with Crippen LogP contribution in [0, 0.1) is 0 Å². The second kappa shape index (κ2) is 3.49. The van der Waals surface area contributed by atoms with Gasteiger partial charge in [-0.1, -0.05) is 0 Å². The molecule has 8 heavy (non-hydrogen) atoms. The Morgan fingerprint density at radius 1 is 1.50 bits per heavy atom. The standard InChI is InChI=1S/C5H9NO.W/c1-2-4-6-7-5-3-1;/h6H,1-3,5H2;. The van der Waals surface area contributed by atoms with E-state index in [1.165, 1.54) is 42.6 Å². The van der Waals surface area contributed by atoms with Crippen molar-refractivity contribution in [3.8, 4) is 0 Å². The van der Waals surface area contributed by atoms with Crippen LogP contribution in [0.25, 0.3) is 0 Å². The molecule has 0 aliphatic carbocycles. The molecule has 3 heteroatoms. The van der Waals surface area contributed by atoms with Gasteiger partial charge in [0, 0.05) is 0 Å². The van der Waals surface area contributed by atoms with Crippen molar-refractivity contribution in [2.75, 3.05) is 6.61 Å². The van der Waals surface area contributed by atoms with Crippen LogP contribution in [0.5, 0.6) is 0 Å². The molecular formula is C5H9NOW. The van der Waals surface area contributed by atoms with E-state index < -0.39 is 0 Å². The molecule has 0 bridgehead atoms. The molecule has 0 atom stereocenters. The van der Waals surface area contributed by atoms with E-state index in [9.17, 15) is 0 Å². The summed E-state index contributed by atoms with van der Waals surface area (Å²) in [6, 6.07) is 0. The normalized spacial score (nSPS) is 22.8. The van der Waals surface area contributed by atoms with Gasteiger partial charge in [-0.25, -0.2) is 0 Å². The van der Waals surface area contributed by atoms with E-state index in [2.05, 4.69) is 5.48 Å². The van der Waals surface area contributed by atoms with E-state index in [0.717, 1.165) is 6.61 Å². The van der Waals surface area contributed by atoms with Crippen molar-refractivity contribution in [2.24, 2.45) is 0 Å². The molecule has 0 spiro atoms. The molecule has 1 aliphatic rings. The molecule has 0 saturated carbocycles. The van der Waals surface area contributed by atoms with Gasteiger partial charge in [0.15, 0.2) is 0 Å². The zero-order chi connectivity index (χ0) is 5.82. The summed E-state index contributed by atoms with van der Waals surface area (Å²) in [5.41, 5.74) is 2.90. The molecule has 1 rings (SSSR count). The average Bonchev–Trinajstić information content (AvgIpc) is 1.94. The molecule has 0 aromatic rings. The van der Waals surface area contributed by atoms with Crippen molar-refractivity contribution in [2.45, 2.75) is 19.3 Å². The molecule has 0 amide bonds. The Morgan fingerprint density at radius 3 is 3.25 bits per heavy atom. The molecule has 0 radical (unpaired) electrons. The molecule has 1 heterocycles. The quantitative estimate of drug-likeness (QED) is 0.693. The van der Waals surface area contributed by atoms with Gasteiger partial charge in [-0.2, -0.15) is 0 Å². The predicted octanol–water partition coefficient (Wildman–Crippen LogP) is 0.368. The topological polar surface area (TPSA) is 21.3 Å². The van der Waals surface area contributed by atoms with Crippen LogP contribution in [-0.4, -0.2) is 10.6 Å². The molecule has 2 nitrogen and oxygen atoms in total. The Kier molecular flexibility index (Phi) is 2.88. The first-order valence-electron chi connectivity index (χ1n) is 2.80. The average molecular weight is 283 g/mol. The molecular weight excluding hydrogens is 274 g/mol. The minimum absolute atomic E-state index is 0.872. The predicted molar refractivity (Wildman–Crippen MR) is 27.9 cm³/mol. The van der Waals surface area contributed by atoms with Gasteiger partial charge in [-0.15, -0.1) is 0 Å². The molecule has 1 N–H and O–H groups in total. The van der Waals surface area contributed by atoms with Crippen LogP contribution >= 0.6 is 0 Å². The molecule has 0 aromatic heterocycles. The van der Waals surface area contributed by atoms with Crippen molar-refractivity contribution < 1.29 is 24.2 Å². The Morgan fingerprint density at radius 2 is 2.38 bits per heavy atom. The molecule has 0 aromatic carbocycles. The summed E-state index contributed by atoms with van der Waals surface area (Å²) in [6.45, 7) is 0.872. The summed E-state index contributed by atoms with van der Waals surface area (Å²) in [6.07, 6.45) is 3.69. The second-order valence-electron chi connectivity index (χ2n) is 1.83. The molecule has 46 valence electrons. The summed E-state index contributed by atoms with van der Waals surface area (Å²) in [5.74, 6) is 0. The summed E-state index contributed by atoms with van der Waals surface area (Å²) < 4.78 is 1.34. The number of hydroxylamine groups is 1. The first kappa shape index (κ1) is 6.60. The third-order valence-corrected chi connectivity index (χ3v) is 2.12. The van der Waals surface area contributed by atoms with Crippen molar-refractivity contribution in [3.05, 3.63) is 0 Å². The van der Waals surface area contributed by atoms with Crippen LogP contribution in [-0.2, 0) is 24.2 Å². The van der Waals surface area contributed by atoms with Gasteiger partial charge in [0.25, 0.3) is 0 Å². The van der Waals surface area contributed by atoms with Crippen LogP contribution in [0.1, 0.15) is 19.3 Å². The van der Waals surface area contributed by atoms with Crippen LogP contribution in [0.15, 0.2) is 0 Å². The second-order valence-corrected chi connectivity index (χ2v) is 3.60. The monoisotopic (exact) mass is 283 g/mol. The van der Waals surface area contributed by atoms with Crippen molar-refractivity contribution in [1.29, 1.82) is 0 Å². The molecule has 0 unspecified atom stereocenters. The van der Waals surface area contributed by atoms with E-state index in [4.69, 9.17) is 4.84 Å². The van der Waals surface area contributed by atoms with E-state index in [1.807, 2.05) is 0 Å². The van der Waals surface area contributed by atoms with Gasteiger partial charge in [0.1, 0.15) is 0 Å². The zero-order valence-corrected chi connectivity index (χ0v) is 7.58. The van der Waals surface area contributed by atoms with Crippen molar-refractivity contribution >= 4 is 4.02 Å². The van der Waals surface area contributed by atoms with Gasteiger partial charge in [0.2, 0.25) is 0 Å². The maximum atomic E-state index is 5.04. The van der Waals surface area contributed by atoms with E-state index >= 15 is 0 Å². The van der Waals surface area contributed by atoms with Crippen LogP contribution in [0.2, 0.25) is 0 Å². The van der Waals surface area contributed by atoms with Gasteiger partial charge in [-0.3, -0.25) is 0 Å². The van der Waals surface area contributed by atoms with E-state index in [-0.39, 0.29) is 0 Å². The van der Waals surface area contributed by atoms with Gasteiger partial charge >= 0.3 is 59.6 Å². The first-order chi connectivity index (χ1) is 3.89. The third kappa shape index (κ3) is 2.16. The Bertz CT molecular complexity index is 84.4. The number of hydrogen-bond acceptors (Lipinski definition) is 2. The zero-order valence-electron chi connectivity index (χ0n) is 4.64. The Labute approximate surface area is 60.0 Å². The molecule has 1 aliphatic heterocycles. The maximum absolute atomic E-state index is 5.04. The Hall–Kier alpha value is 0.478. The molecule has 1 fully saturated rings.